The van der Waals surface area contributed by atoms with Crippen LogP contribution in [0.1, 0.15) is 20.3 Å². The van der Waals surface area contributed by atoms with Crippen molar-refractivity contribution < 1.29 is 8.85 Å². The first-order valence-corrected chi connectivity index (χ1v) is 17.1. The van der Waals surface area contributed by atoms with E-state index in [4.69, 9.17) is 8.85 Å². The van der Waals surface area contributed by atoms with Gasteiger partial charge in [-0.3, -0.25) is 0 Å². The van der Waals surface area contributed by atoms with Crippen molar-refractivity contribution in [2.75, 3.05) is 19.8 Å². The summed E-state index contributed by atoms with van der Waals surface area (Å²) in [5, 5.41) is 0. The van der Waals surface area contributed by atoms with Crippen molar-refractivity contribution in [1.82, 2.24) is 4.23 Å². The lowest BCUT2D eigenvalue weighted by molar-refractivity contribution is 0.176. The second-order valence-corrected chi connectivity index (χ2v) is 20.6. The molecular formula is C14H35NO2Si3. The maximum atomic E-state index is 6.28. The summed E-state index contributed by atoms with van der Waals surface area (Å²) in [4.78, 5) is 0. The van der Waals surface area contributed by atoms with Gasteiger partial charge in [-0.25, -0.2) is 0 Å². The minimum Gasteiger partial charge on any atom is -0.395 e. The summed E-state index contributed by atoms with van der Waals surface area (Å²) in [5.74, 6) is 0. The van der Waals surface area contributed by atoms with E-state index in [1.165, 1.54) is 12.1 Å². The molecule has 1 heterocycles. The van der Waals surface area contributed by atoms with Gasteiger partial charge >= 0.3 is 8.56 Å². The van der Waals surface area contributed by atoms with Crippen LogP contribution < -0.4 is 0 Å². The van der Waals surface area contributed by atoms with Crippen LogP contribution in [0.2, 0.25) is 50.9 Å². The van der Waals surface area contributed by atoms with E-state index in [0.717, 1.165) is 32.2 Å². The Labute approximate surface area is 129 Å². The Balaban J connectivity index is 2.53. The van der Waals surface area contributed by atoms with Gasteiger partial charge in [0.15, 0.2) is 0 Å². The second-order valence-electron chi connectivity index (χ2n) is 7.44. The van der Waals surface area contributed by atoms with Gasteiger partial charge in [-0.05, 0) is 31.6 Å². The van der Waals surface area contributed by atoms with Gasteiger partial charge < -0.3 is 13.1 Å². The highest BCUT2D eigenvalue weighted by molar-refractivity contribution is 6.95. The van der Waals surface area contributed by atoms with Gasteiger partial charge in [0.1, 0.15) is 16.5 Å². The van der Waals surface area contributed by atoms with Crippen LogP contribution >= 0.6 is 0 Å². The number of hydrogen-bond donors (Lipinski definition) is 0. The molecule has 0 radical (unpaired) electrons. The van der Waals surface area contributed by atoms with Crippen LogP contribution in [-0.2, 0) is 8.85 Å². The Kier molecular flexibility index (Phi) is 6.68. The van der Waals surface area contributed by atoms with Crippen molar-refractivity contribution in [3.63, 3.8) is 0 Å². The van der Waals surface area contributed by atoms with Crippen LogP contribution in [0.5, 0.6) is 0 Å². The summed E-state index contributed by atoms with van der Waals surface area (Å²) >= 11 is 0. The molecule has 0 aromatic heterocycles. The zero-order chi connectivity index (χ0) is 15.4. The minimum absolute atomic E-state index is 0.785. The summed E-state index contributed by atoms with van der Waals surface area (Å²) in [6.45, 7) is 19.4. The molecule has 0 aromatic carbocycles. The van der Waals surface area contributed by atoms with E-state index >= 15 is 0 Å². The Morgan fingerprint density at radius 1 is 1.00 bits per heavy atom. The fourth-order valence-corrected chi connectivity index (χ4v) is 20.1. The third-order valence-corrected chi connectivity index (χ3v) is 18.3. The van der Waals surface area contributed by atoms with E-state index < -0.39 is 25.0 Å². The highest BCUT2D eigenvalue weighted by Gasteiger charge is 2.47. The van der Waals surface area contributed by atoms with Gasteiger partial charge in [-0.2, -0.15) is 0 Å². The molecular weight excluding hydrogens is 298 g/mol. The van der Waals surface area contributed by atoms with E-state index in [0.29, 0.717) is 0 Å². The Morgan fingerprint density at radius 2 is 1.55 bits per heavy atom. The van der Waals surface area contributed by atoms with E-state index in [-0.39, 0.29) is 0 Å². The monoisotopic (exact) mass is 333 g/mol. The van der Waals surface area contributed by atoms with Gasteiger partial charge in [-0.15, -0.1) is 0 Å². The topological polar surface area (TPSA) is 21.7 Å². The van der Waals surface area contributed by atoms with Crippen molar-refractivity contribution >= 4 is 25.0 Å². The highest BCUT2D eigenvalue weighted by Crippen LogP contribution is 2.36. The summed E-state index contributed by atoms with van der Waals surface area (Å²) < 4.78 is 15.1. The molecule has 1 aliphatic rings. The SMILES string of the molecule is CCC[Si](C)(OCC)OCCN1[Si](C)(C)CC[Si]1(C)C. The molecule has 0 spiro atoms. The summed E-state index contributed by atoms with van der Waals surface area (Å²) in [6, 6.07) is 4.06. The van der Waals surface area contributed by atoms with E-state index in [1.54, 1.807) is 0 Å². The molecule has 1 atom stereocenters. The van der Waals surface area contributed by atoms with Crippen molar-refractivity contribution in [2.24, 2.45) is 0 Å². The van der Waals surface area contributed by atoms with Crippen LogP contribution in [0.15, 0.2) is 0 Å². The van der Waals surface area contributed by atoms with Gasteiger partial charge in [0.2, 0.25) is 0 Å². The zero-order valence-electron chi connectivity index (χ0n) is 14.7. The van der Waals surface area contributed by atoms with E-state index in [1.807, 2.05) is 0 Å². The highest BCUT2D eigenvalue weighted by atomic mass is 28.4. The smallest absolute Gasteiger partial charge is 0.334 e. The molecule has 0 aliphatic carbocycles. The molecule has 0 bridgehead atoms. The largest absolute Gasteiger partial charge is 0.395 e. The average molecular weight is 334 g/mol. The number of nitrogens with zero attached hydrogens (tertiary/aromatic N) is 1. The number of hydrogen-bond acceptors (Lipinski definition) is 3. The molecule has 0 N–H and O–H groups in total. The lowest BCUT2D eigenvalue weighted by Crippen LogP contribution is -2.56. The standard InChI is InChI=1S/C14H35NO2Si3/c1-8-12-20(7,16-9-2)17-11-10-15-18(3,4)13-14-19(15,5)6/h8-14H2,1-7H3. The van der Waals surface area contributed by atoms with Crippen LogP contribution in [0, 0.1) is 0 Å². The molecule has 1 fully saturated rings. The van der Waals surface area contributed by atoms with Gasteiger partial charge in [-0.1, -0.05) is 39.5 Å². The van der Waals surface area contributed by atoms with Crippen LogP contribution in [0.25, 0.3) is 0 Å². The zero-order valence-corrected chi connectivity index (χ0v) is 17.7. The fourth-order valence-electron chi connectivity index (χ4n) is 3.60. The first-order chi connectivity index (χ1) is 9.17. The Hall–Kier alpha value is 0.531. The Bertz CT molecular complexity index is 289. The molecule has 20 heavy (non-hydrogen) atoms. The van der Waals surface area contributed by atoms with Gasteiger partial charge in [0, 0.05) is 19.8 Å². The first-order valence-electron chi connectivity index (χ1n) is 8.22. The molecule has 1 aliphatic heterocycles. The van der Waals surface area contributed by atoms with Crippen molar-refractivity contribution in [1.29, 1.82) is 0 Å². The summed E-state index contributed by atoms with van der Waals surface area (Å²) in [5.41, 5.74) is 0. The molecule has 6 heteroatoms. The van der Waals surface area contributed by atoms with Gasteiger partial charge in [0.05, 0.1) is 0 Å². The summed E-state index contributed by atoms with van der Waals surface area (Å²) in [6.07, 6.45) is 1.16. The third kappa shape index (κ3) is 4.78. The lowest BCUT2D eigenvalue weighted by Gasteiger charge is -2.39. The summed E-state index contributed by atoms with van der Waals surface area (Å²) in [7, 11) is -4.21. The predicted molar refractivity (Wildman–Crippen MR) is 95.6 cm³/mol. The van der Waals surface area contributed by atoms with Crippen LogP contribution in [0.4, 0.5) is 0 Å². The molecule has 1 unspecified atom stereocenters. The lowest BCUT2D eigenvalue weighted by atomic mass is 10.6. The molecule has 1 saturated heterocycles. The molecule has 0 saturated carbocycles. The van der Waals surface area contributed by atoms with Crippen LogP contribution in [0.3, 0.4) is 0 Å². The molecule has 120 valence electrons. The molecule has 0 aromatic rings. The predicted octanol–water partition coefficient (Wildman–Crippen LogP) is 4.25. The first kappa shape index (κ1) is 18.6. The average Bonchev–Trinajstić information content (AvgIpc) is 2.52. The van der Waals surface area contributed by atoms with Crippen LogP contribution in [-0.4, -0.2) is 49.0 Å². The third-order valence-electron chi connectivity index (χ3n) is 4.69. The van der Waals surface area contributed by atoms with Gasteiger partial charge in [0.25, 0.3) is 0 Å². The number of rotatable bonds is 8. The fraction of sp³-hybridized carbons (Fsp3) is 1.00. The van der Waals surface area contributed by atoms with E-state index in [2.05, 4.69) is 50.8 Å². The minimum atomic E-state index is -1.91. The van der Waals surface area contributed by atoms with Crippen molar-refractivity contribution in [2.45, 2.75) is 71.1 Å². The maximum Gasteiger partial charge on any atom is 0.334 e. The van der Waals surface area contributed by atoms with E-state index in [9.17, 15) is 0 Å². The molecule has 3 nitrogen and oxygen atoms in total. The Morgan fingerprint density at radius 3 is 2.00 bits per heavy atom. The molecule has 0 amide bonds. The quantitative estimate of drug-likeness (QED) is 0.620. The molecule has 1 rings (SSSR count). The second kappa shape index (κ2) is 7.19. The normalized spacial score (nSPS) is 24.8. The van der Waals surface area contributed by atoms with Crippen molar-refractivity contribution in [3.8, 4) is 0 Å². The maximum absolute atomic E-state index is 6.28. The van der Waals surface area contributed by atoms with Crippen molar-refractivity contribution in [3.05, 3.63) is 0 Å².